The van der Waals surface area contributed by atoms with Gasteiger partial charge in [-0.3, -0.25) is 4.57 Å². The van der Waals surface area contributed by atoms with Crippen LogP contribution in [0.3, 0.4) is 0 Å². The van der Waals surface area contributed by atoms with Crippen molar-refractivity contribution in [1.29, 1.82) is 0 Å². The monoisotopic (exact) mass is 488 g/mol. The van der Waals surface area contributed by atoms with Crippen LogP contribution in [0.25, 0.3) is 44.7 Å². The number of aromatic carboxylic acids is 1. The molecule has 0 saturated carbocycles. The molecule has 6 aromatic rings. The lowest BCUT2D eigenvalue weighted by Crippen LogP contribution is -2.04. The third-order valence-electron chi connectivity index (χ3n) is 6.30. The van der Waals surface area contributed by atoms with E-state index >= 15 is 0 Å². The van der Waals surface area contributed by atoms with Gasteiger partial charge < -0.3 is 10.2 Å². The van der Waals surface area contributed by atoms with E-state index < -0.39 is 5.97 Å². The third kappa shape index (κ3) is 4.08. The first kappa shape index (κ1) is 22.2. The average Bonchev–Trinajstić information content (AvgIpc) is 3.57. The number of para-hydroxylation sites is 1. The Labute approximate surface area is 210 Å². The molecule has 2 heterocycles. The van der Waals surface area contributed by atoms with Crippen LogP contribution in [-0.2, 0) is 6.54 Å². The number of carboxylic acid groups (broad SMARTS) is 1. The molecule has 6 rings (SSSR count). The molecular weight excluding hydrogens is 468 g/mol. The standard InChI is InChI=1S/C28H20N6O3/c35-27(36)22-7-4-8-24-25(22)34(28(37)29-24)16-17-9-11-19(12-10-17)23-15-20(18-5-2-1-3-6-18)13-14-21(23)26-30-32-33-31-26/h1-15H,16H2,(H,29,37)(H,35,36)(H,30,31,32,33). The summed E-state index contributed by atoms with van der Waals surface area (Å²) in [7, 11) is 0. The van der Waals surface area contributed by atoms with E-state index in [-0.39, 0.29) is 18.1 Å². The van der Waals surface area contributed by atoms with E-state index in [1.54, 1.807) is 12.1 Å². The normalized spacial score (nSPS) is 11.1. The third-order valence-corrected chi connectivity index (χ3v) is 6.30. The van der Waals surface area contributed by atoms with E-state index in [0.717, 1.165) is 33.4 Å². The summed E-state index contributed by atoms with van der Waals surface area (Å²) in [5.41, 5.74) is 6.65. The van der Waals surface area contributed by atoms with Crippen molar-refractivity contribution in [2.24, 2.45) is 0 Å². The van der Waals surface area contributed by atoms with Gasteiger partial charge in [-0.2, -0.15) is 10.2 Å². The van der Waals surface area contributed by atoms with Gasteiger partial charge in [-0.25, -0.2) is 4.79 Å². The second-order valence-electron chi connectivity index (χ2n) is 8.54. The van der Waals surface area contributed by atoms with Gasteiger partial charge in [0.05, 0.1) is 23.1 Å². The molecule has 2 aromatic heterocycles. The molecule has 9 nitrogen and oxygen atoms in total. The number of hydrogen-bond acceptors (Lipinski definition) is 6. The van der Waals surface area contributed by atoms with Crippen LogP contribution < -0.4 is 0 Å². The summed E-state index contributed by atoms with van der Waals surface area (Å²) in [6, 6.07) is 28.6. The fourth-order valence-electron chi connectivity index (χ4n) is 4.53. The number of benzene rings is 4. The predicted octanol–water partition coefficient (Wildman–Crippen LogP) is 5.00. The van der Waals surface area contributed by atoms with Crippen LogP contribution in [-0.4, -0.2) is 46.4 Å². The summed E-state index contributed by atoms with van der Waals surface area (Å²) in [6.45, 7) is 0.259. The molecule has 0 fully saturated rings. The molecule has 0 bridgehead atoms. The topological polar surface area (TPSA) is 130 Å². The maximum atomic E-state index is 11.8. The number of imidazole rings is 1. The number of aromatic amines is 1. The van der Waals surface area contributed by atoms with Crippen molar-refractivity contribution in [2.75, 3.05) is 0 Å². The van der Waals surface area contributed by atoms with Crippen molar-refractivity contribution in [3.63, 3.8) is 0 Å². The number of carbonyl (C=O) groups is 1. The highest BCUT2D eigenvalue weighted by Crippen LogP contribution is 2.34. The molecule has 0 radical (unpaired) electrons. The highest BCUT2D eigenvalue weighted by atomic mass is 16.4. The van der Waals surface area contributed by atoms with Crippen molar-refractivity contribution < 1.29 is 15.0 Å². The second-order valence-corrected chi connectivity index (χ2v) is 8.54. The Morgan fingerprint density at radius 1 is 0.838 bits per heavy atom. The first-order chi connectivity index (χ1) is 18.1. The number of nitrogens with one attached hydrogen (secondary N) is 1. The Hall–Kier alpha value is -5.31. The van der Waals surface area contributed by atoms with Gasteiger partial charge in [0.25, 0.3) is 6.01 Å². The maximum absolute atomic E-state index is 11.8. The Morgan fingerprint density at radius 2 is 1.62 bits per heavy atom. The summed E-state index contributed by atoms with van der Waals surface area (Å²) in [6.07, 6.45) is 0. The van der Waals surface area contributed by atoms with Crippen molar-refractivity contribution >= 4 is 17.0 Å². The van der Waals surface area contributed by atoms with Crippen molar-refractivity contribution in [3.05, 3.63) is 102 Å². The lowest BCUT2D eigenvalue weighted by Gasteiger charge is -2.12. The minimum Gasteiger partial charge on any atom is -0.480 e. The Bertz CT molecular complexity index is 1730. The lowest BCUT2D eigenvalue weighted by atomic mass is 9.93. The molecule has 4 aromatic carbocycles. The molecule has 180 valence electrons. The average molecular weight is 489 g/mol. The maximum Gasteiger partial charge on any atom is 0.337 e. The number of rotatable bonds is 6. The summed E-state index contributed by atoms with van der Waals surface area (Å²) in [5, 5.41) is 34.6. The first-order valence-electron chi connectivity index (χ1n) is 11.5. The zero-order chi connectivity index (χ0) is 25.4. The number of carboxylic acids is 1. The fourth-order valence-corrected chi connectivity index (χ4v) is 4.53. The summed E-state index contributed by atoms with van der Waals surface area (Å²) < 4.78 is 1.51. The Morgan fingerprint density at radius 3 is 2.35 bits per heavy atom. The number of hydrogen-bond donors (Lipinski definition) is 3. The zero-order valence-electron chi connectivity index (χ0n) is 19.4. The number of H-pyrrole nitrogens is 1. The highest BCUT2D eigenvalue weighted by Gasteiger charge is 2.18. The van der Waals surface area contributed by atoms with Crippen LogP contribution >= 0.6 is 0 Å². The molecule has 0 aliphatic carbocycles. The molecule has 0 saturated heterocycles. The number of aromatic nitrogens is 6. The van der Waals surface area contributed by atoms with Gasteiger partial charge in [0.1, 0.15) is 0 Å². The summed E-state index contributed by atoms with van der Waals surface area (Å²) in [5.74, 6) is -0.580. The molecule has 0 amide bonds. The molecule has 3 N–H and O–H groups in total. The van der Waals surface area contributed by atoms with E-state index in [0.29, 0.717) is 16.9 Å². The Kier molecular flexibility index (Phi) is 5.42. The number of fused-ring (bicyclic) bond motifs is 1. The minimum absolute atomic E-state index is 0.0874. The van der Waals surface area contributed by atoms with Gasteiger partial charge in [-0.15, -0.1) is 10.2 Å². The molecule has 0 aliphatic heterocycles. The minimum atomic E-state index is -1.07. The lowest BCUT2D eigenvalue weighted by molar-refractivity contribution is 0.0698. The molecule has 0 atom stereocenters. The largest absolute Gasteiger partial charge is 0.480 e. The number of tetrazole rings is 1. The smallest absolute Gasteiger partial charge is 0.337 e. The first-order valence-corrected chi connectivity index (χ1v) is 11.5. The molecule has 9 heteroatoms. The van der Waals surface area contributed by atoms with Crippen LogP contribution in [0.2, 0.25) is 0 Å². The zero-order valence-corrected chi connectivity index (χ0v) is 19.4. The van der Waals surface area contributed by atoms with Crippen molar-refractivity contribution in [2.45, 2.75) is 6.54 Å². The van der Waals surface area contributed by atoms with E-state index in [9.17, 15) is 15.0 Å². The van der Waals surface area contributed by atoms with Gasteiger partial charge >= 0.3 is 5.97 Å². The molecule has 0 spiro atoms. The summed E-state index contributed by atoms with van der Waals surface area (Å²) >= 11 is 0. The quantitative estimate of drug-likeness (QED) is 0.301. The molecule has 0 aliphatic rings. The molecule has 37 heavy (non-hydrogen) atoms. The van der Waals surface area contributed by atoms with E-state index in [4.69, 9.17) is 0 Å². The number of aromatic hydroxyl groups is 1. The van der Waals surface area contributed by atoms with Crippen LogP contribution in [0.1, 0.15) is 15.9 Å². The van der Waals surface area contributed by atoms with Crippen LogP contribution in [0.15, 0.2) is 91.0 Å². The van der Waals surface area contributed by atoms with Gasteiger partial charge in [0.2, 0.25) is 5.82 Å². The van der Waals surface area contributed by atoms with Gasteiger partial charge in [0, 0.05) is 5.56 Å². The predicted molar refractivity (Wildman–Crippen MR) is 138 cm³/mol. The molecule has 0 unspecified atom stereocenters. The van der Waals surface area contributed by atoms with Gasteiger partial charge in [0.15, 0.2) is 0 Å². The highest BCUT2D eigenvalue weighted by molar-refractivity contribution is 6.01. The molecular formula is C28H20N6O3. The second kappa shape index (κ2) is 9.04. The van der Waals surface area contributed by atoms with Crippen LogP contribution in [0, 0.1) is 0 Å². The van der Waals surface area contributed by atoms with Gasteiger partial charge in [-0.1, -0.05) is 66.7 Å². The Balaban J connectivity index is 1.40. The van der Waals surface area contributed by atoms with Crippen LogP contribution in [0.4, 0.5) is 0 Å². The SMILES string of the molecule is O=C(O)c1cccc2nc(O)n(Cc3ccc(-c4cc(-c5ccccc5)ccc4-c4nn[nH]n4)cc3)c12. The fraction of sp³-hybridized carbons (Fsp3) is 0.0357. The van der Waals surface area contributed by atoms with Crippen molar-refractivity contribution in [1.82, 2.24) is 30.2 Å². The van der Waals surface area contributed by atoms with Crippen LogP contribution in [0.5, 0.6) is 6.01 Å². The van der Waals surface area contributed by atoms with E-state index in [1.807, 2.05) is 54.6 Å². The van der Waals surface area contributed by atoms with Crippen molar-refractivity contribution in [3.8, 4) is 39.7 Å². The van der Waals surface area contributed by atoms with E-state index in [2.05, 4.69) is 43.8 Å². The number of nitrogens with zero attached hydrogens (tertiary/aromatic N) is 5. The van der Waals surface area contributed by atoms with E-state index in [1.165, 1.54) is 10.6 Å². The summed E-state index contributed by atoms with van der Waals surface area (Å²) in [4.78, 5) is 15.9. The van der Waals surface area contributed by atoms with Gasteiger partial charge in [-0.05, 0) is 57.3 Å².